The second kappa shape index (κ2) is 9.84. The number of nitrogens with one attached hydrogen (secondary N) is 1. The molecule has 0 aliphatic heterocycles. The molecule has 0 aliphatic carbocycles. The van der Waals surface area contributed by atoms with Gasteiger partial charge in [0.25, 0.3) is 0 Å². The highest BCUT2D eigenvalue weighted by molar-refractivity contribution is 5.81. The molecule has 0 aromatic heterocycles. The van der Waals surface area contributed by atoms with Crippen LogP contribution in [0.5, 0.6) is 5.75 Å². The van der Waals surface area contributed by atoms with Crippen molar-refractivity contribution in [2.75, 3.05) is 13.2 Å². The molecule has 0 aliphatic rings. The molecule has 2 aromatic carbocycles. The number of amides is 1. The molecule has 1 N–H and O–H groups in total. The van der Waals surface area contributed by atoms with Crippen LogP contribution in [0.15, 0.2) is 65.8 Å². The Morgan fingerprint density at radius 3 is 2.54 bits per heavy atom. The quantitative estimate of drug-likeness (QED) is 0.621. The average molecular weight is 324 g/mol. The third-order valence-electron chi connectivity index (χ3n) is 2.98. The van der Waals surface area contributed by atoms with Crippen LogP contribution in [-0.2, 0) is 4.74 Å². The predicted octanol–water partition coefficient (Wildman–Crippen LogP) is 3.86. The van der Waals surface area contributed by atoms with E-state index in [4.69, 9.17) is 9.47 Å². The van der Waals surface area contributed by atoms with Crippen molar-refractivity contribution >= 4 is 18.4 Å². The summed E-state index contributed by atoms with van der Waals surface area (Å²) >= 11 is 0. The van der Waals surface area contributed by atoms with E-state index in [2.05, 4.69) is 10.5 Å². The van der Waals surface area contributed by atoms with Gasteiger partial charge in [-0.05, 0) is 48.4 Å². The summed E-state index contributed by atoms with van der Waals surface area (Å²) in [4.78, 5) is 11.1. The molecule has 0 bridgehead atoms. The maximum absolute atomic E-state index is 11.1. The molecule has 5 nitrogen and oxygen atoms in total. The van der Waals surface area contributed by atoms with E-state index in [1.807, 2.05) is 66.7 Å². The minimum Gasteiger partial charge on any atom is -0.490 e. The number of nitrogens with zero attached hydrogens (tertiary/aromatic N) is 1. The van der Waals surface area contributed by atoms with Gasteiger partial charge in [-0.1, -0.05) is 36.4 Å². The standard InChI is InChI=1S/C19H20N2O3/c1-2-23-19(22)21-20-15-17-10-12-18(13-11-17)24-14-6-9-16-7-4-3-5-8-16/h3-13,15H,2,14H2,1H3,(H,21,22)/b9-6+,20-15?. The molecule has 2 rings (SSSR count). The van der Waals surface area contributed by atoms with E-state index in [0.29, 0.717) is 13.2 Å². The summed E-state index contributed by atoms with van der Waals surface area (Å²) < 4.78 is 10.3. The van der Waals surface area contributed by atoms with Crippen LogP contribution in [0.4, 0.5) is 4.79 Å². The molecule has 124 valence electrons. The highest BCUT2D eigenvalue weighted by atomic mass is 16.5. The smallest absolute Gasteiger partial charge is 0.427 e. The van der Waals surface area contributed by atoms with Gasteiger partial charge in [0, 0.05) is 0 Å². The molecule has 0 radical (unpaired) electrons. The van der Waals surface area contributed by atoms with Crippen molar-refractivity contribution in [2.45, 2.75) is 6.92 Å². The number of hydrazone groups is 1. The molecule has 0 unspecified atom stereocenters. The first-order valence-electron chi connectivity index (χ1n) is 7.68. The van der Waals surface area contributed by atoms with Crippen LogP contribution in [-0.4, -0.2) is 25.5 Å². The van der Waals surface area contributed by atoms with Crippen molar-refractivity contribution < 1.29 is 14.3 Å². The van der Waals surface area contributed by atoms with E-state index < -0.39 is 6.09 Å². The van der Waals surface area contributed by atoms with E-state index in [1.54, 1.807) is 6.92 Å². The fraction of sp³-hybridized carbons (Fsp3) is 0.158. The number of carbonyl (C=O) groups excluding carboxylic acids is 1. The maximum Gasteiger partial charge on any atom is 0.427 e. The number of hydrogen-bond donors (Lipinski definition) is 1. The summed E-state index contributed by atoms with van der Waals surface area (Å²) in [6, 6.07) is 17.5. The molecular formula is C19H20N2O3. The van der Waals surface area contributed by atoms with Crippen molar-refractivity contribution in [3.63, 3.8) is 0 Å². The van der Waals surface area contributed by atoms with Crippen molar-refractivity contribution in [3.05, 3.63) is 71.8 Å². The SMILES string of the molecule is CCOC(=O)NN=Cc1ccc(OC/C=C/c2ccccc2)cc1. The third kappa shape index (κ3) is 6.36. The summed E-state index contributed by atoms with van der Waals surface area (Å²) in [5.74, 6) is 0.767. The van der Waals surface area contributed by atoms with Crippen molar-refractivity contribution in [2.24, 2.45) is 5.10 Å². The van der Waals surface area contributed by atoms with Crippen LogP contribution >= 0.6 is 0 Å². The first-order valence-corrected chi connectivity index (χ1v) is 7.68. The van der Waals surface area contributed by atoms with E-state index in [0.717, 1.165) is 16.9 Å². The zero-order chi connectivity index (χ0) is 17.0. The van der Waals surface area contributed by atoms with Crippen molar-refractivity contribution in [1.29, 1.82) is 0 Å². The van der Waals surface area contributed by atoms with Gasteiger partial charge in [0.2, 0.25) is 0 Å². The lowest BCUT2D eigenvalue weighted by Crippen LogP contribution is -2.18. The van der Waals surface area contributed by atoms with Gasteiger partial charge in [-0.25, -0.2) is 10.2 Å². The number of carbonyl (C=O) groups is 1. The van der Waals surface area contributed by atoms with Gasteiger partial charge >= 0.3 is 6.09 Å². The molecule has 0 atom stereocenters. The zero-order valence-electron chi connectivity index (χ0n) is 13.5. The molecule has 0 heterocycles. The Balaban J connectivity index is 1.76. The molecule has 5 heteroatoms. The number of benzene rings is 2. The summed E-state index contributed by atoms with van der Waals surface area (Å²) in [6.45, 7) is 2.54. The van der Waals surface area contributed by atoms with Crippen LogP contribution < -0.4 is 10.2 Å². The van der Waals surface area contributed by atoms with E-state index >= 15 is 0 Å². The van der Waals surface area contributed by atoms with Gasteiger partial charge in [-0.3, -0.25) is 0 Å². The average Bonchev–Trinajstić information content (AvgIpc) is 2.61. The lowest BCUT2D eigenvalue weighted by molar-refractivity contribution is 0.152. The first-order chi connectivity index (χ1) is 11.8. The predicted molar refractivity (Wildman–Crippen MR) is 95.2 cm³/mol. The normalized spacial score (nSPS) is 10.9. The maximum atomic E-state index is 11.1. The van der Waals surface area contributed by atoms with Gasteiger partial charge in [0.05, 0.1) is 12.8 Å². The molecule has 1 amide bonds. The summed E-state index contributed by atoms with van der Waals surface area (Å²) in [7, 11) is 0. The molecule has 0 spiro atoms. The Labute approximate surface area is 141 Å². The summed E-state index contributed by atoms with van der Waals surface area (Å²) in [5.41, 5.74) is 4.26. The van der Waals surface area contributed by atoms with Crippen LogP contribution in [0, 0.1) is 0 Å². The van der Waals surface area contributed by atoms with Crippen LogP contribution in [0.25, 0.3) is 6.08 Å². The lowest BCUT2D eigenvalue weighted by Gasteiger charge is -2.03. The van der Waals surface area contributed by atoms with Gasteiger partial charge in [0.15, 0.2) is 0 Å². The number of rotatable bonds is 7. The second-order valence-electron chi connectivity index (χ2n) is 4.78. The topological polar surface area (TPSA) is 59.9 Å². The van der Waals surface area contributed by atoms with Crippen LogP contribution in [0.3, 0.4) is 0 Å². The molecule has 2 aromatic rings. The van der Waals surface area contributed by atoms with E-state index in [-0.39, 0.29) is 0 Å². The lowest BCUT2D eigenvalue weighted by atomic mass is 10.2. The molecular weight excluding hydrogens is 304 g/mol. The Morgan fingerprint density at radius 2 is 1.83 bits per heavy atom. The fourth-order valence-electron chi connectivity index (χ4n) is 1.87. The van der Waals surface area contributed by atoms with Crippen LogP contribution in [0.2, 0.25) is 0 Å². The Bertz CT molecular complexity index is 680. The minimum atomic E-state index is -0.570. The number of hydrogen-bond acceptors (Lipinski definition) is 4. The molecule has 24 heavy (non-hydrogen) atoms. The molecule has 0 saturated carbocycles. The highest BCUT2D eigenvalue weighted by Gasteiger charge is 1.96. The zero-order valence-corrected chi connectivity index (χ0v) is 13.5. The Morgan fingerprint density at radius 1 is 1.08 bits per heavy atom. The van der Waals surface area contributed by atoms with Gasteiger partial charge in [0.1, 0.15) is 12.4 Å². The first kappa shape index (κ1) is 17.3. The van der Waals surface area contributed by atoms with Crippen molar-refractivity contribution in [1.82, 2.24) is 5.43 Å². The van der Waals surface area contributed by atoms with E-state index in [9.17, 15) is 4.79 Å². The monoisotopic (exact) mass is 324 g/mol. The summed E-state index contributed by atoms with van der Waals surface area (Å²) in [6.07, 6.45) is 4.95. The largest absolute Gasteiger partial charge is 0.490 e. The van der Waals surface area contributed by atoms with E-state index in [1.165, 1.54) is 6.21 Å². The van der Waals surface area contributed by atoms with Gasteiger partial charge in [-0.15, -0.1) is 0 Å². The van der Waals surface area contributed by atoms with Gasteiger partial charge in [-0.2, -0.15) is 5.10 Å². The molecule has 0 saturated heterocycles. The van der Waals surface area contributed by atoms with Crippen LogP contribution in [0.1, 0.15) is 18.1 Å². The minimum absolute atomic E-state index is 0.312. The number of ether oxygens (including phenoxy) is 2. The highest BCUT2D eigenvalue weighted by Crippen LogP contribution is 2.11. The van der Waals surface area contributed by atoms with Crippen molar-refractivity contribution in [3.8, 4) is 5.75 Å². The second-order valence-corrected chi connectivity index (χ2v) is 4.78. The van der Waals surface area contributed by atoms with Gasteiger partial charge < -0.3 is 9.47 Å². The Hall–Kier alpha value is -3.08. The Kier molecular flexibility index (Phi) is 7.08. The molecule has 0 fully saturated rings. The fourth-order valence-corrected chi connectivity index (χ4v) is 1.87. The summed E-state index contributed by atoms with van der Waals surface area (Å²) in [5, 5.41) is 3.80. The third-order valence-corrected chi connectivity index (χ3v) is 2.98.